The quantitative estimate of drug-likeness (QED) is 0.772. The van der Waals surface area contributed by atoms with Gasteiger partial charge in [-0.05, 0) is 23.5 Å². The lowest BCUT2D eigenvalue weighted by atomic mass is 10.0. The summed E-state index contributed by atoms with van der Waals surface area (Å²) in [5.74, 6) is 1.12. The topological polar surface area (TPSA) is 23.6 Å². The summed E-state index contributed by atoms with van der Waals surface area (Å²) in [5.41, 5.74) is 2.84. The summed E-state index contributed by atoms with van der Waals surface area (Å²) in [4.78, 5) is 16.6. The van der Waals surface area contributed by atoms with Gasteiger partial charge < -0.3 is 4.90 Å². The minimum Gasteiger partial charge on any atom is -0.300 e. The summed E-state index contributed by atoms with van der Waals surface area (Å²) in [5, 5.41) is 0. The number of ketones is 1. The Bertz CT molecular complexity index is 485. The van der Waals surface area contributed by atoms with Crippen molar-refractivity contribution in [3.63, 3.8) is 0 Å². The Hall–Kier alpha value is -1.19. The van der Waals surface area contributed by atoms with Gasteiger partial charge in [0.05, 0.1) is 6.54 Å². The Morgan fingerprint density at radius 1 is 0.957 bits per heavy atom. The van der Waals surface area contributed by atoms with Crippen LogP contribution in [-0.4, -0.2) is 54.9 Å². The SMILES string of the molecule is CC(C)C(=O)CN1CCN(CCc2ccc(C(C)C)cc2)CC1. The molecule has 1 saturated heterocycles. The van der Waals surface area contributed by atoms with E-state index in [0.29, 0.717) is 18.2 Å². The standard InChI is InChI=1S/C20H32N2O/c1-16(2)19-7-5-18(6-8-19)9-10-21-11-13-22(14-12-21)15-20(23)17(3)4/h5-8,16-17H,9-15H2,1-4H3. The monoisotopic (exact) mass is 316 g/mol. The van der Waals surface area contributed by atoms with E-state index < -0.39 is 0 Å². The molecule has 0 spiro atoms. The van der Waals surface area contributed by atoms with Crippen molar-refractivity contribution in [1.82, 2.24) is 9.80 Å². The van der Waals surface area contributed by atoms with Gasteiger partial charge in [-0.1, -0.05) is 52.0 Å². The fraction of sp³-hybridized carbons (Fsp3) is 0.650. The van der Waals surface area contributed by atoms with Gasteiger partial charge in [-0.25, -0.2) is 0 Å². The summed E-state index contributed by atoms with van der Waals surface area (Å²) in [7, 11) is 0. The van der Waals surface area contributed by atoms with Gasteiger partial charge in [0.25, 0.3) is 0 Å². The summed E-state index contributed by atoms with van der Waals surface area (Å²) in [6, 6.07) is 9.06. The molecule has 0 aliphatic carbocycles. The highest BCUT2D eigenvalue weighted by Crippen LogP contribution is 2.15. The van der Waals surface area contributed by atoms with Gasteiger partial charge >= 0.3 is 0 Å². The van der Waals surface area contributed by atoms with E-state index >= 15 is 0 Å². The maximum Gasteiger partial charge on any atom is 0.149 e. The lowest BCUT2D eigenvalue weighted by Gasteiger charge is -2.34. The number of Topliss-reactive ketones (excluding diaryl/α,β-unsaturated/α-hetero) is 1. The second kappa shape index (κ2) is 8.60. The largest absolute Gasteiger partial charge is 0.300 e. The first-order valence-corrected chi connectivity index (χ1v) is 9.02. The van der Waals surface area contributed by atoms with Crippen LogP contribution in [0.15, 0.2) is 24.3 Å². The maximum absolute atomic E-state index is 11.8. The molecule has 0 saturated carbocycles. The molecule has 1 fully saturated rings. The average molecular weight is 316 g/mol. The minimum atomic E-state index is 0.154. The molecule has 0 bridgehead atoms. The molecule has 23 heavy (non-hydrogen) atoms. The van der Waals surface area contributed by atoms with E-state index in [-0.39, 0.29) is 5.92 Å². The van der Waals surface area contributed by atoms with E-state index in [0.717, 1.165) is 39.1 Å². The van der Waals surface area contributed by atoms with E-state index in [1.807, 2.05) is 13.8 Å². The van der Waals surface area contributed by atoms with Gasteiger partial charge in [-0.2, -0.15) is 0 Å². The summed E-state index contributed by atoms with van der Waals surface area (Å²) in [6.45, 7) is 14.4. The highest BCUT2D eigenvalue weighted by Gasteiger charge is 2.19. The zero-order valence-corrected chi connectivity index (χ0v) is 15.2. The van der Waals surface area contributed by atoms with Crippen LogP contribution in [0.3, 0.4) is 0 Å². The first kappa shape index (κ1) is 18.2. The highest BCUT2D eigenvalue weighted by atomic mass is 16.1. The zero-order valence-electron chi connectivity index (χ0n) is 15.2. The fourth-order valence-corrected chi connectivity index (χ4v) is 2.93. The predicted octanol–water partition coefficient (Wildman–Crippen LogP) is 3.20. The van der Waals surface area contributed by atoms with Crippen LogP contribution in [0.4, 0.5) is 0 Å². The number of piperazine rings is 1. The van der Waals surface area contributed by atoms with Gasteiger partial charge in [0.15, 0.2) is 0 Å². The third-order valence-corrected chi connectivity index (χ3v) is 4.85. The van der Waals surface area contributed by atoms with Crippen LogP contribution >= 0.6 is 0 Å². The number of carbonyl (C=O) groups is 1. The Balaban J connectivity index is 1.71. The Kier molecular flexibility index (Phi) is 6.79. The highest BCUT2D eigenvalue weighted by molar-refractivity contribution is 5.82. The second-order valence-electron chi connectivity index (χ2n) is 7.39. The van der Waals surface area contributed by atoms with Crippen molar-refractivity contribution >= 4 is 5.78 Å². The van der Waals surface area contributed by atoms with Crippen LogP contribution in [0, 0.1) is 5.92 Å². The molecular weight excluding hydrogens is 284 g/mol. The Morgan fingerprint density at radius 2 is 1.52 bits per heavy atom. The van der Waals surface area contributed by atoms with Gasteiger partial charge in [0.1, 0.15) is 5.78 Å². The van der Waals surface area contributed by atoms with Gasteiger partial charge in [0, 0.05) is 38.6 Å². The average Bonchev–Trinajstić information content (AvgIpc) is 2.54. The van der Waals surface area contributed by atoms with Crippen molar-refractivity contribution in [3.8, 4) is 0 Å². The van der Waals surface area contributed by atoms with Crippen molar-refractivity contribution < 1.29 is 4.79 Å². The van der Waals surface area contributed by atoms with Crippen molar-refractivity contribution in [2.24, 2.45) is 5.92 Å². The Labute approximate surface area is 141 Å². The molecule has 1 aliphatic heterocycles. The lowest BCUT2D eigenvalue weighted by Crippen LogP contribution is -2.48. The molecule has 0 N–H and O–H groups in total. The molecule has 0 atom stereocenters. The number of rotatable bonds is 7. The maximum atomic E-state index is 11.8. The summed E-state index contributed by atoms with van der Waals surface area (Å²) >= 11 is 0. The molecule has 1 aliphatic rings. The Morgan fingerprint density at radius 3 is 2.04 bits per heavy atom. The molecule has 0 unspecified atom stereocenters. The van der Waals surface area contributed by atoms with Crippen LogP contribution in [0.1, 0.15) is 44.7 Å². The molecule has 1 aromatic rings. The molecule has 128 valence electrons. The van der Waals surface area contributed by atoms with E-state index in [4.69, 9.17) is 0 Å². The van der Waals surface area contributed by atoms with Crippen LogP contribution in [0.25, 0.3) is 0 Å². The molecule has 2 rings (SSSR count). The third-order valence-electron chi connectivity index (χ3n) is 4.85. The molecule has 3 nitrogen and oxygen atoms in total. The number of hydrogen-bond donors (Lipinski definition) is 0. The predicted molar refractivity (Wildman–Crippen MR) is 97.0 cm³/mol. The van der Waals surface area contributed by atoms with Crippen LogP contribution in [0.5, 0.6) is 0 Å². The number of hydrogen-bond acceptors (Lipinski definition) is 3. The van der Waals surface area contributed by atoms with Crippen molar-refractivity contribution in [3.05, 3.63) is 35.4 Å². The summed E-state index contributed by atoms with van der Waals surface area (Å²) in [6.07, 6.45) is 1.11. The molecule has 0 radical (unpaired) electrons. The molecule has 0 amide bonds. The number of nitrogens with zero attached hydrogens (tertiary/aromatic N) is 2. The van der Waals surface area contributed by atoms with Crippen molar-refractivity contribution in [1.29, 1.82) is 0 Å². The van der Waals surface area contributed by atoms with Gasteiger partial charge in [-0.15, -0.1) is 0 Å². The van der Waals surface area contributed by atoms with Crippen molar-refractivity contribution in [2.45, 2.75) is 40.0 Å². The van der Waals surface area contributed by atoms with Crippen molar-refractivity contribution in [2.75, 3.05) is 39.3 Å². The molecule has 1 heterocycles. The van der Waals surface area contributed by atoms with Crippen LogP contribution < -0.4 is 0 Å². The second-order valence-corrected chi connectivity index (χ2v) is 7.39. The van der Waals surface area contributed by atoms with Crippen LogP contribution in [0.2, 0.25) is 0 Å². The third kappa shape index (κ3) is 5.74. The zero-order chi connectivity index (χ0) is 16.8. The smallest absolute Gasteiger partial charge is 0.149 e. The summed E-state index contributed by atoms with van der Waals surface area (Å²) < 4.78 is 0. The molecule has 0 aromatic heterocycles. The molecular formula is C20H32N2O. The van der Waals surface area contributed by atoms with E-state index in [1.54, 1.807) is 0 Å². The first-order chi connectivity index (χ1) is 11.0. The van der Waals surface area contributed by atoms with Crippen LogP contribution in [-0.2, 0) is 11.2 Å². The van der Waals surface area contributed by atoms with Gasteiger partial charge in [0.2, 0.25) is 0 Å². The molecule has 1 aromatic carbocycles. The minimum absolute atomic E-state index is 0.154. The van der Waals surface area contributed by atoms with E-state index in [2.05, 4.69) is 47.9 Å². The normalized spacial score (nSPS) is 17.1. The van der Waals surface area contributed by atoms with Gasteiger partial charge in [-0.3, -0.25) is 9.69 Å². The first-order valence-electron chi connectivity index (χ1n) is 9.02. The molecule has 3 heteroatoms. The van der Waals surface area contributed by atoms with E-state index in [9.17, 15) is 4.79 Å². The lowest BCUT2D eigenvalue weighted by molar-refractivity contribution is -0.123. The number of carbonyl (C=O) groups excluding carboxylic acids is 1. The fourth-order valence-electron chi connectivity index (χ4n) is 2.93. The number of benzene rings is 1. The van der Waals surface area contributed by atoms with E-state index in [1.165, 1.54) is 11.1 Å².